The van der Waals surface area contributed by atoms with Gasteiger partial charge in [-0.25, -0.2) is 0 Å². The van der Waals surface area contributed by atoms with Crippen LogP contribution in [0, 0.1) is 0 Å². The van der Waals surface area contributed by atoms with Crippen molar-refractivity contribution in [3.8, 4) is 5.75 Å². The molecule has 0 saturated carbocycles. The molecule has 1 aliphatic heterocycles. The predicted molar refractivity (Wildman–Crippen MR) is 93.1 cm³/mol. The highest BCUT2D eigenvalue weighted by Crippen LogP contribution is 2.29. The Labute approximate surface area is 149 Å². The molecule has 0 radical (unpaired) electrons. The topological polar surface area (TPSA) is 32.8 Å². The molecule has 0 atom stereocenters. The van der Waals surface area contributed by atoms with Crippen LogP contribution in [0.15, 0.2) is 24.3 Å². The number of carbonyl (C=O) groups excluding carboxylic acids is 1. The first kappa shape index (κ1) is 17.6. The van der Waals surface area contributed by atoms with E-state index in [1.54, 1.807) is 12.0 Å². The van der Waals surface area contributed by atoms with Crippen LogP contribution >= 0.6 is 47.0 Å². The number of rotatable bonds is 2. The molecule has 22 heavy (non-hydrogen) atoms. The first-order valence-corrected chi connectivity index (χ1v) is 8.16. The van der Waals surface area contributed by atoms with Gasteiger partial charge in [-0.3, -0.25) is 4.79 Å². The summed E-state index contributed by atoms with van der Waals surface area (Å²) in [5.74, 6) is 0.289. The Morgan fingerprint density at radius 2 is 1.59 bits per heavy atom. The van der Waals surface area contributed by atoms with E-state index in [0.29, 0.717) is 26.2 Å². The van der Waals surface area contributed by atoms with Crippen molar-refractivity contribution in [2.75, 3.05) is 33.3 Å². The number of thiocarbonyl (C=S) groups is 1. The van der Waals surface area contributed by atoms with Crippen LogP contribution in [0.3, 0.4) is 0 Å². The standard InChI is InChI=1S/C14H15Cl3N2O2S/c1-21-11-4-2-10(3-5-11)12(22)18-6-8-19(9-7-18)13(20)14(15,16)17/h2-5H,6-9H2,1H3. The zero-order valence-corrected chi connectivity index (χ0v) is 15.0. The van der Waals surface area contributed by atoms with Crippen LogP contribution in [0.2, 0.25) is 0 Å². The summed E-state index contributed by atoms with van der Waals surface area (Å²) in [5.41, 5.74) is 0.942. The van der Waals surface area contributed by atoms with Crippen LogP contribution < -0.4 is 4.74 Å². The van der Waals surface area contributed by atoms with Gasteiger partial charge in [0.15, 0.2) is 0 Å². The van der Waals surface area contributed by atoms with Crippen molar-refractivity contribution in [1.82, 2.24) is 9.80 Å². The van der Waals surface area contributed by atoms with E-state index in [1.165, 1.54) is 0 Å². The average molecular weight is 382 g/mol. The Bertz CT molecular complexity index is 552. The van der Waals surface area contributed by atoms with Gasteiger partial charge in [0.2, 0.25) is 0 Å². The summed E-state index contributed by atoms with van der Waals surface area (Å²) in [5, 5.41) is 0. The lowest BCUT2D eigenvalue weighted by molar-refractivity contribution is -0.131. The maximum absolute atomic E-state index is 11.9. The van der Waals surface area contributed by atoms with Crippen molar-refractivity contribution in [3.05, 3.63) is 29.8 Å². The largest absolute Gasteiger partial charge is 0.497 e. The summed E-state index contributed by atoms with van der Waals surface area (Å²) in [6.07, 6.45) is 0. The number of hydrogen-bond donors (Lipinski definition) is 0. The number of carbonyl (C=O) groups is 1. The highest BCUT2D eigenvalue weighted by molar-refractivity contribution is 7.80. The highest BCUT2D eigenvalue weighted by Gasteiger charge is 2.36. The number of ether oxygens (including phenoxy) is 1. The van der Waals surface area contributed by atoms with Crippen LogP contribution in [0.5, 0.6) is 5.75 Å². The van der Waals surface area contributed by atoms with E-state index in [0.717, 1.165) is 16.3 Å². The maximum Gasteiger partial charge on any atom is 0.274 e. The minimum atomic E-state index is -1.90. The van der Waals surface area contributed by atoms with Gasteiger partial charge in [0.05, 0.1) is 7.11 Å². The molecule has 1 fully saturated rings. The van der Waals surface area contributed by atoms with Crippen molar-refractivity contribution in [2.24, 2.45) is 0 Å². The van der Waals surface area contributed by atoms with Crippen LogP contribution in [-0.4, -0.2) is 57.8 Å². The molecule has 1 aliphatic rings. The molecule has 0 bridgehead atoms. The van der Waals surface area contributed by atoms with Gasteiger partial charge >= 0.3 is 0 Å². The van der Waals surface area contributed by atoms with Gasteiger partial charge < -0.3 is 14.5 Å². The van der Waals surface area contributed by atoms with Gasteiger partial charge in [-0.2, -0.15) is 0 Å². The second-order valence-corrected chi connectivity index (χ2v) is 7.48. The van der Waals surface area contributed by atoms with E-state index >= 15 is 0 Å². The zero-order chi connectivity index (χ0) is 16.3. The van der Waals surface area contributed by atoms with Crippen LogP contribution in [0.1, 0.15) is 5.56 Å². The molecule has 120 valence electrons. The van der Waals surface area contributed by atoms with E-state index in [-0.39, 0.29) is 0 Å². The smallest absolute Gasteiger partial charge is 0.274 e. The monoisotopic (exact) mass is 380 g/mol. The van der Waals surface area contributed by atoms with Gasteiger partial charge in [-0.1, -0.05) is 47.0 Å². The van der Waals surface area contributed by atoms with Crippen LogP contribution in [-0.2, 0) is 4.79 Å². The number of halogens is 3. The minimum absolute atomic E-state index is 0.475. The fourth-order valence-corrected chi connectivity index (χ4v) is 2.89. The Hall–Kier alpha value is -0.750. The number of hydrogen-bond acceptors (Lipinski definition) is 3. The Balaban J connectivity index is 1.96. The van der Waals surface area contributed by atoms with Crippen molar-refractivity contribution in [2.45, 2.75) is 3.79 Å². The Kier molecular flexibility index (Phi) is 5.77. The lowest BCUT2D eigenvalue weighted by atomic mass is 10.2. The maximum atomic E-state index is 11.9. The van der Waals surface area contributed by atoms with E-state index in [2.05, 4.69) is 0 Å². The van der Waals surface area contributed by atoms with Gasteiger partial charge in [-0.05, 0) is 24.3 Å². The molecule has 0 unspecified atom stereocenters. The molecular formula is C14H15Cl3N2O2S. The van der Waals surface area contributed by atoms with E-state index < -0.39 is 9.70 Å². The third-order valence-corrected chi connectivity index (χ3v) is 4.41. The quantitative estimate of drug-likeness (QED) is 0.582. The molecule has 1 amide bonds. The second kappa shape index (κ2) is 7.21. The normalized spacial score (nSPS) is 15.6. The van der Waals surface area contributed by atoms with Crippen LogP contribution in [0.4, 0.5) is 0 Å². The van der Waals surface area contributed by atoms with E-state index in [9.17, 15) is 4.79 Å². The van der Waals surface area contributed by atoms with Crippen molar-refractivity contribution >= 4 is 57.9 Å². The number of amides is 1. The van der Waals surface area contributed by atoms with Crippen molar-refractivity contribution in [3.63, 3.8) is 0 Å². The number of piperazine rings is 1. The van der Waals surface area contributed by atoms with Gasteiger partial charge in [0, 0.05) is 31.7 Å². The molecule has 1 saturated heterocycles. The summed E-state index contributed by atoms with van der Waals surface area (Å²) in [6, 6.07) is 7.56. The number of alkyl halides is 3. The number of nitrogens with zero attached hydrogens (tertiary/aromatic N) is 2. The average Bonchev–Trinajstić information content (AvgIpc) is 2.53. The third-order valence-electron chi connectivity index (χ3n) is 3.43. The highest BCUT2D eigenvalue weighted by atomic mass is 35.6. The SMILES string of the molecule is COc1ccc(C(=S)N2CCN(C(=O)C(Cl)(Cl)Cl)CC2)cc1. The van der Waals surface area contributed by atoms with Gasteiger partial charge in [0.1, 0.15) is 10.7 Å². The first-order valence-electron chi connectivity index (χ1n) is 6.62. The fraction of sp³-hybridized carbons (Fsp3) is 0.429. The minimum Gasteiger partial charge on any atom is -0.497 e. The van der Waals surface area contributed by atoms with Crippen molar-refractivity contribution in [1.29, 1.82) is 0 Å². The van der Waals surface area contributed by atoms with Gasteiger partial charge in [-0.15, -0.1) is 0 Å². The fourth-order valence-electron chi connectivity index (χ4n) is 2.21. The van der Waals surface area contributed by atoms with Gasteiger partial charge in [0.25, 0.3) is 9.70 Å². The molecule has 8 heteroatoms. The molecule has 0 N–H and O–H groups in total. The van der Waals surface area contributed by atoms with Crippen LogP contribution in [0.25, 0.3) is 0 Å². The molecule has 2 rings (SSSR count). The van der Waals surface area contributed by atoms with E-state index in [1.807, 2.05) is 29.2 Å². The molecule has 0 aliphatic carbocycles. The number of methoxy groups -OCH3 is 1. The zero-order valence-electron chi connectivity index (χ0n) is 11.9. The summed E-state index contributed by atoms with van der Waals surface area (Å²) >= 11 is 22.4. The molecule has 0 spiro atoms. The molecule has 1 heterocycles. The summed E-state index contributed by atoms with van der Waals surface area (Å²) in [7, 11) is 1.62. The molecule has 0 aromatic heterocycles. The summed E-state index contributed by atoms with van der Waals surface area (Å²) < 4.78 is 3.22. The predicted octanol–water partition coefficient (Wildman–Crippen LogP) is 2.89. The lowest BCUT2D eigenvalue weighted by Gasteiger charge is -2.37. The summed E-state index contributed by atoms with van der Waals surface area (Å²) in [4.78, 5) is 16.2. The molecule has 1 aromatic rings. The number of benzene rings is 1. The van der Waals surface area contributed by atoms with Crippen molar-refractivity contribution < 1.29 is 9.53 Å². The molecule has 4 nitrogen and oxygen atoms in total. The molecular weight excluding hydrogens is 367 g/mol. The lowest BCUT2D eigenvalue weighted by Crippen LogP contribution is -2.52. The second-order valence-electron chi connectivity index (χ2n) is 4.81. The first-order chi connectivity index (χ1) is 10.3. The molecule has 1 aromatic carbocycles. The summed E-state index contributed by atoms with van der Waals surface area (Å²) in [6.45, 7) is 2.17. The van der Waals surface area contributed by atoms with E-state index in [4.69, 9.17) is 51.8 Å². The third kappa shape index (κ3) is 4.16. The Morgan fingerprint density at radius 1 is 1.09 bits per heavy atom. The Morgan fingerprint density at radius 3 is 2.05 bits per heavy atom.